The van der Waals surface area contributed by atoms with Gasteiger partial charge in [0.15, 0.2) is 0 Å². The van der Waals surface area contributed by atoms with E-state index in [0.29, 0.717) is 16.9 Å². The fourth-order valence-electron chi connectivity index (χ4n) is 1.68. The highest BCUT2D eigenvalue weighted by molar-refractivity contribution is 5.99. The molecule has 4 nitrogen and oxygen atoms in total. The summed E-state index contributed by atoms with van der Waals surface area (Å²) in [6.45, 7) is 2.14. The van der Waals surface area contributed by atoms with Gasteiger partial charge in [-0.05, 0) is 31.2 Å². The summed E-state index contributed by atoms with van der Waals surface area (Å²) in [4.78, 5) is 11.9. The number of fused-ring (bicyclic) bond motifs is 1. The third-order valence-corrected chi connectivity index (χ3v) is 2.77. The van der Waals surface area contributed by atoms with Crippen molar-refractivity contribution < 1.29 is 13.9 Å². The van der Waals surface area contributed by atoms with E-state index in [-0.39, 0.29) is 30.8 Å². The van der Waals surface area contributed by atoms with Crippen LogP contribution in [0, 0.1) is 23.1 Å². The van der Waals surface area contributed by atoms with Gasteiger partial charge in [-0.15, -0.1) is 0 Å². The van der Waals surface area contributed by atoms with Crippen LogP contribution in [-0.4, -0.2) is 19.1 Å². The van der Waals surface area contributed by atoms with E-state index in [1.165, 1.54) is 18.2 Å². The number of halogens is 1. The average molecular weight is 260 g/mol. The van der Waals surface area contributed by atoms with Crippen molar-refractivity contribution >= 4 is 12.0 Å². The van der Waals surface area contributed by atoms with Crippen LogP contribution in [0.25, 0.3) is 6.08 Å². The molecule has 0 unspecified atom stereocenters. The summed E-state index contributed by atoms with van der Waals surface area (Å²) < 4.78 is 18.5. The van der Waals surface area contributed by atoms with Crippen molar-refractivity contribution in [3.05, 3.63) is 35.2 Å². The first-order valence-corrected chi connectivity index (χ1v) is 5.91. The number of hydrogen-bond acceptors (Lipinski definition) is 3. The summed E-state index contributed by atoms with van der Waals surface area (Å²) in [5, 5.41) is 11.3. The molecule has 98 valence electrons. The van der Waals surface area contributed by atoms with Crippen LogP contribution in [0.4, 0.5) is 4.39 Å². The number of ether oxygens (including phenoxy) is 1. The molecule has 0 spiro atoms. The number of benzene rings is 1. The zero-order valence-electron chi connectivity index (χ0n) is 10.4. The molecule has 0 saturated heterocycles. The molecule has 0 aliphatic carbocycles. The van der Waals surface area contributed by atoms with E-state index in [4.69, 9.17) is 10.00 Å². The molecule has 0 aromatic heterocycles. The van der Waals surface area contributed by atoms with Crippen molar-refractivity contribution in [1.82, 2.24) is 5.32 Å². The Balaban J connectivity index is 2.10. The van der Waals surface area contributed by atoms with Gasteiger partial charge < -0.3 is 10.1 Å². The second kappa shape index (κ2) is 5.53. The van der Waals surface area contributed by atoms with E-state index in [0.717, 1.165) is 0 Å². The summed E-state index contributed by atoms with van der Waals surface area (Å²) >= 11 is 0. The Morgan fingerprint density at radius 1 is 1.63 bits per heavy atom. The van der Waals surface area contributed by atoms with Crippen LogP contribution in [0.2, 0.25) is 0 Å². The molecule has 1 aromatic carbocycles. The standard InChI is InChI=1S/C14H13FN2O2/c1-9(6-16)7-17-14(18)11-4-10-5-12(15)2-3-13(10)19-8-11/h2-5,9H,7-8H2,1H3,(H,17,18)/t9-/m0/s1. The molecular formula is C14H13FN2O2. The third kappa shape index (κ3) is 3.10. The van der Waals surface area contributed by atoms with E-state index in [9.17, 15) is 9.18 Å². The van der Waals surface area contributed by atoms with Gasteiger partial charge in [-0.25, -0.2) is 4.39 Å². The largest absolute Gasteiger partial charge is 0.488 e. The molecule has 1 amide bonds. The van der Waals surface area contributed by atoms with Crippen LogP contribution < -0.4 is 10.1 Å². The predicted molar refractivity (Wildman–Crippen MR) is 67.7 cm³/mol. The maximum absolute atomic E-state index is 13.1. The lowest BCUT2D eigenvalue weighted by Gasteiger charge is -2.17. The van der Waals surface area contributed by atoms with Crippen molar-refractivity contribution in [1.29, 1.82) is 5.26 Å². The minimum atomic E-state index is -0.377. The number of nitrogens with zero attached hydrogens (tertiary/aromatic N) is 1. The first-order chi connectivity index (χ1) is 9.10. The van der Waals surface area contributed by atoms with Gasteiger partial charge in [0.2, 0.25) is 0 Å². The van der Waals surface area contributed by atoms with Gasteiger partial charge in [0.1, 0.15) is 18.2 Å². The van der Waals surface area contributed by atoms with Gasteiger partial charge in [0.25, 0.3) is 5.91 Å². The number of carbonyl (C=O) groups is 1. The molecule has 1 aliphatic rings. The Hall–Kier alpha value is -2.35. The summed E-state index contributed by atoms with van der Waals surface area (Å²) in [7, 11) is 0. The highest BCUT2D eigenvalue weighted by Crippen LogP contribution is 2.26. The summed E-state index contributed by atoms with van der Waals surface area (Å²) in [5.74, 6) is -0.363. The van der Waals surface area contributed by atoms with Crippen molar-refractivity contribution in [3.8, 4) is 11.8 Å². The summed E-state index contributed by atoms with van der Waals surface area (Å²) in [6, 6.07) is 6.20. The summed E-state index contributed by atoms with van der Waals surface area (Å²) in [5.41, 5.74) is 0.966. The highest BCUT2D eigenvalue weighted by atomic mass is 19.1. The molecular weight excluding hydrogens is 247 g/mol. The molecule has 1 heterocycles. The molecule has 0 fully saturated rings. The molecule has 1 N–H and O–H groups in total. The minimum Gasteiger partial charge on any atom is -0.488 e. The first kappa shape index (κ1) is 13.1. The topological polar surface area (TPSA) is 62.1 Å². The van der Waals surface area contributed by atoms with E-state index >= 15 is 0 Å². The van der Waals surface area contributed by atoms with Crippen LogP contribution in [0.15, 0.2) is 23.8 Å². The van der Waals surface area contributed by atoms with Gasteiger partial charge in [0.05, 0.1) is 17.6 Å². The van der Waals surface area contributed by atoms with Crippen molar-refractivity contribution in [3.63, 3.8) is 0 Å². The smallest absolute Gasteiger partial charge is 0.250 e. The number of carbonyl (C=O) groups excluding carboxylic acids is 1. The van der Waals surface area contributed by atoms with Gasteiger partial charge in [-0.3, -0.25) is 4.79 Å². The van der Waals surface area contributed by atoms with Crippen molar-refractivity contribution in [2.24, 2.45) is 5.92 Å². The van der Waals surface area contributed by atoms with Gasteiger partial charge >= 0.3 is 0 Å². The molecule has 0 saturated carbocycles. The van der Waals surface area contributed by atoms with Gasteiger partial charge in [-0.1, -0.05) is 0 Å². The number of hydrogen-bond donors (Lipinski definition) is 1. The Kier molecular flexibility index (Phi) is 3.81. The van der Waals surface area contributed by atoms with Crippen LogP contribution in [0.5, 0.6) is 5.75 Å². The van der Waals surface area contributed by atoms with Crippen LogP contribution >= 0.6 is 0 Å². The lowest BCUT2D eigenvalue weighted by atomic mass is 10.1. The molecule has 0 bridgehead atoms. The zero-order valence-corrected chi connectivity index (χ0v) is 10.4. The molecule has 1 aliphatic heterocycles. The van der Waals surface area contributed by atoms with E-state index < -0.39 is 0 Å². The average Bonchev–Trinajstić information content (AvgIpc) is 2.43. The number of nitrogens with one attached hydrogen (secondary N) is 1. The quantitative estimate of drug-likeness (QED) is 0.902. The normalized spacial score (nSPS) is 14.5. The second-order valence-corrected chi connectivity index (χ2v) is 4.38. The maximum Gasteiger partial charge on any atom is 0.250 e. The van der Waals surface area contributed by atoms with E-state index in [1.54, 1.807) is 13.0 Å². The fraction of sp³-hybridized carbons (Fsp3) is 0.286. The molecule has 19 heavy (non-hydrogen) atoms. The summed E-state index contributed by atoms with van der Waals surface area (Å²) in [6.07, 6.45) is 1.61. The number of amides is 1. The Labute approximate surface area is 110 Å². The minimum absolute atomic E-state index is 0.144. The van der Waals surface area contributed by atoms with Gasteiger partial charge in [-0.2, -0.15) is 5.26 Å². The lowest BCUT2D eigenvalue weighted by Crippen LogP contribution is -2.31. The Bertz CT molecular complexity index is 575. The van der Waals surface area contributed by atoms with E-state index in [2.05, 4.69) is 5.32 Å². The molecule has 1 aromatic rings. The Morgan fingerprint density at radius 3 is 3.16 bits per heavy atom. The SMILES string of the molecule is C[C@@H](C#N)CNC(=O)C1=Cc2cc(F)ccc2OC1. The first-order valence-electron chi connectivity index (χ1n) is 5.91. The molecule has 2 rings (SSSR count). The zero-order chi connectivity index (χ0) is 13.8. The molecule has 0 radical (unpaired) electrons. The lowest BCUT2D eigenvalue weighted by molar-refractivity contribution is -0.117. The fourth-order valence-corrected chi connectivity index (χ4v) is 1.68. The van der Waals surface area contributed by atoms with Gasteiger partial charge in [0, 0.05) is 12.1 Å². The van der Waals surface area contributed by atoms with Crippen LogP contribution in [-0.2, 0) is 4.79 Å². The highest BCUT2D eigenvalue weighted by Gasteiger charge is 2.17. The van der Waals surface area contributed by atoms with Crippen molar-refractivity contribution in [2.45, 2.75) is 6.92 Å². The Morgan fingerprint density at radius 2 is 2.42 bits per heavy atom. The monoisotopic (exact) mass is 260 g/mol. The second-order valence-electron chi connectivity index (χ2n) is 4.38. The third-order valence-electron chi connectivity index (χ3n) is 2.77. The number of nitriles is 1. The molecule has 5 heteroatoms. The maximum atomic E-state index is 13.1. The van der Waals surface area contributed by atoms with Crippen LogP contribution in [0.1, 0.15) is 12.5 Å². The van der Waals surface area contributed by atoms with Crippen LogP contribution in [0.3, 0.4) is 0 Å². The number of rotatable bonds is 3. The van der Waals surface area contributed by atoms with Crippen molar-refractivity contribution in [2.75, 3.05) is 13.2 Å². The predicted octanol–water partition coefficient (Wildman–Crippen LogP) is 1.88. The van der Waals surface area contributed by atoms with E-state index in [1.807, 2.05) is 6.07 Å². The molecule has 1 atom stereocenters.